The van der Waals surface area contributed by atoms with Gasteiger partial charge in [-0.15, -0.1) is 0 Å². The Morgan fingerprint density at radius 2 is 1.76 bits per heavy atom. The summed E-state index contributed by atoms with van der Waals surface area (Å²) in [5.41, 5.74) is 2.63. The summed E-state index contributed by atoms with van der Waals surface area (Å²) in [6.07, 6.45) is 2.34. The molecule has 0 amide bonds. The molecule has 1 N–H and O–H groups in total. The maximum Gasteiger partial charge on any atom is 0.0440 e. The zero-order chi connectivity index (χ0) is 14.8. The van der Waals surface area contributed by atoms with Gasteiger partial charge in [0.1, 0.15) is 0 Å². The topological polar surface area (TPSA) is 12.0 Å². The number of benzene rings is 2. The van der Waals surface area contributed by atoms with E-state index in [-0.39, 0.29) is 0 Å². The summed E-state index contributed by atoms with van der Waals surface area (Å²) in [5.74, 6) is 0.605. The first kappa shape index (κ1) is 15.1. The van der Waals surface area contributed by atoms with Crippen molar-refractivity contribution in [1.82, 2.24) is 5.32 Å². The van der Waals surface area contributed by atoms with E-state index in [0.717, 1.165) is 9.50 Å². The molecule has 3 heteroatoms. The van der Waals surface area contributed by atoms with E-state index in [4.69, 9.17) is 11.6 Å². The summed E-state index contributed by atoms with van der Waals surface area (Å²) < 4.78 is 1.13. The molecule has 110 valence electrons. The van der Waals surface area contributed by atoms with Crippen LogP contribution in [0.2, 0.25) is 5.02 Å². The van der Waals surface area contributed by atoms with Crippen molar-refractivity contribution in [2.75, 3.05) is 0 Å². The van der Waals surface area contributed by atoms with Gasteiger partial charge in [0.05, 0.1) is 0 Å². The van der Waals surface area contributed by atoms with Gasteiger partial charge in [-0.05, 0) is 55.0 Å². The number of hydrogen-bond donors (Lipinski definition) is 1. The Bertz CT molecular complexity index is 605. The quantitative estimate of drug-likeness (QED) is 0.734. The molecule has 1 atom stereocenters. The zero-order valence-electron chi connectivity index (χ0n) is 12.0. The summed E-state index contributed by atoms with van der Waals surface area (Å²) >= 11 is 9.75. The summed E-state index contributed by atoms with van der Waals surface area (Å²) in [6.45, 7) is 2.23. The lowest BCUT2D eigenvalue weighted by Gasteiger charge is -2.38. The second kappa shape index (κ2) is 6.51. The molecular formula is C18H19BrClN. The minimum absolute atomic E-state index is 0.385. The van der Waals surface area contributed by atoms with Crippen LogP contribution in [0.4, 0.5) is 0 Å². The van der Waals surface area contributed by atoms with Crippen LogP contribution in [0.3, 0.4) is 0 Å². The minimum Gasteiger partial charge on any atom is -0.307 e. The molecule has 0 heterocycles. The van der Waals surface area contributed by atoms with Crippen molar-refractivity contribution in [2.24, 2.45) is 0 Å². The highest BCUT2D eigenvalue weighted by molar-refractivity contribution is 9.10. The van der Waals surface area contributed by atoms with E-state index in [2.05, 4.69) is 64.6 Å². The lowest BCUT2D eigenvalue weighted by atomic mass is 9.75. The van der Waals surface area contributed by atoms with Crippen LogP contribution in [0, 0.1) is 0 Å². The molecule has 0 spiro atoms. The number of nitrogens with one attached hydrogen (secondary N) is 1. The average molecular weight is 365 g/mol. The molecule has 1 fully saturated rings. The number of rotatable bonds is 4. The molecule has 21 heavy (non-hydrogen) atoms. The fourth-order valence-electron chi connectivity index (χ4n) is 3.02. The van der Waals surface area contributed by atoms with Gasteiger partial charge in [-0.1, -0.05) is 57.9 Å². The first-order valence-electron chi connectivity index (χ1n) is 7.39. The third-order valence-corrected chi connectivity index (χ3v) is 5.21. The molecular weight excluding hydrogens is 346 g/mol. The van der Waals surface area contributed by atoms with Crippen LogP contribution >= 0.6 is 27.5 Å². The van der Waals surface area contributed by atoms with Crippen molar-refractivity contribution >= 4 is 27.5 Å². The Balaban J connectivity index is 1.55. The van der Waals surface area contributed by atoms with E-state index in [0.29, 0.717) is 18.0 Å². The highest BCUT2D eigenvalue weighted by Crippen LogP contribution is 2.40. The summed E-state index contributed by atoms with van der Waals surface area (Å²) in [6, 6.07) is 17.7. The highest BCUT2D eigenvalue weighted by Gasteiger charge is 2.32. The maximum absolute atomic E-state index is 6.27. The molecule has 1 aliphatic carbocycles. The highest BCUT2D eigenvalue weighted by atomic mass is 79.9. The predicted octanol–water partition coefficient (Wildman–Crippen LogP) is 5.70. The van der Waals surface area contributed by atoms with Crippen molar-refractivity contribution < 1.29 is 0 Å². The lowest BCUT2D eigenvalue weighted by molar-refractivity contribution is 0.271. The predicted molar refractivity (Wildman–Crippen MR) is 92.9 cm³/mol. The molecule has 0 unspecified atom stereocenters. The van der Waals surface area contributed by atoms with Gasteiger partial charge in [0.2, 0.25) is 0 Å². The van der Waals surface area contributed by atoms with Gasteiger partial charge >= 0.3 is 0 Å². The lowest BCUT2D eigenvalue weighted by Crippen LogP contribution is -2.41. The van der Waals surface area contributed by atoms with Crippen molar-refractivity contribution in [3.05, 3.63) is 69.2 Å². The second-order valence-corrected chi connectivity index (χ2v) is 7.15. The van der Waals surface area contributed by atoms with E-state index < -0.39 is 0 Å². The van der Waals surface area contributed by atoms with E-state index in [1.807, 2.05) is 12.1 Å². The SMILES string of the molecule is C[C@@H](NC1CC(c2ccccc2Cl)C1)c1ccc(Br)cc1. The summed E-state index contributed by atoms with van der Waals surface area (Å²) in [7, 11) is 0. The van der Waals surface area contributed by atoms with Gasteiger partial charge in [0, 0.05) is 21.6 Å². The summed E-state index contributed by atoms with van der Waals surface area (Å²) in [5, 5.41) is 4.62. The number of hydrogen-bond acceptors (Lipinski definition) is 1. The first-order chi connectivity index (χ1) is 10.1. The monoisotopic (exact) mass is 363 g/mol. The molecule has 1 saturated carbocycles. The van der Waals surface area contributed by atoms with Gasteiger partial charge in [0.25, 0.3) is 0 Å². The van der Waals surface area contributed by atoms with Gasteiger partial charge in [-0.3, -0.25) is 0 Å². The molecule has 3 rings (SSSR count). The van der Waals surface area contributed by atoms with Crippen molar-refractivity contribution in [1.29, 1.82) is 0 Å². The molecule has 0 aliphatic heterocycles. The molecule has 0 saturated heterocycles. The van der Waals surface area contributed by atoms with Crippen LogP contribution in [0.1, 0.15) is 42.9 Å². The fraction of sp³-hybridized carbons (Fsp3) is 0.333. The fourth-order valence-corrected chi connectivity index (χ4v) is 3.57. The molecule has 0 bridgehead atoms. The Hall–Kier alpha value is -0.830. The smallest absolute Gasteiger partial charge is 0.0440 e. The molecule has 1 nitrogen and oxygen atoms in total. The van der Waals surface area contributed by atoms with E-state index in [1.54, 1.807) is 0 Å². The van der Waals surface area contributed by atoms with E-state index >= 15 is 0 Å². The molecule has 0 radical (unpaired) electrons. The Morgan fingerprint density at radius 1 is 1.10 bits per heavy atom. The maximum atomic E-state index is 6.27. The first-order valence-corrected chi connectivity index (χ1v) is 8.56. The molecule has 1 aliphatic rings. The third-order valence-electron chi connectivity index (χ3n) is 4.34. The third kappa shape index (κ3) is 3.50. The van der Waals surface area contributed by atoms with Crippen molar-refractivity contribution in [3.63, 3.8) is 0 Å². The Morgan fingerprint density at radius 3 is 2.43 bits per heavy atom. The van der Waals surface area contributed by atoms with Gasteiger partial charge < -0.3 is 5.32 Å². The second-order valence-electron chi connectivity index (χ2n) is 5.83. The van der Waals surface area contributed by atoms with Gasteiger partial charge in [-0.25, -0.2) is 0 Å². The van der Waals surface area contributed by atoms with Crippen LogP contribution in [0.25, 0.3) is 0 Å². The van der Waals surface area contributed by atoms with Gasteiger partial charge in [0.15, 0.2) is 0 Å². The van der Waals surface area contributed by atoms with Crippen LogP contribution in [0.5, 0.6) is 0 Å². The van der Waals surface area contributed by atoms with Crippen LogP contribution in [0.15, 0.2) is 53.0 Å². The Labute approximate surface area is 139 Å². The van der Waals surface area contributed by atoms with Crippen molar-refractivity contribution in [2.45, 2.75) is 37.8 Å². The van der Waals surface area contributed by atoms with E-state index in [9.17, 15) is 0 Å². The zero-order valence-corrected chi connectivity index (χ0v) is 14.4. The molecule has 2 aromatic rings. The minimum atomic E-state index is 0.385. The standard InChI is InChI=1S/C18H19BrClN/c1-12(13-6-8-15(19)9-7-13)21-16-10-14(11-16)17-4-2-3-5-18(17)20/h2-9,12,14,16,21H,10-11H2,1H3/t12-,14?,16?/m1/s1. The molecule has 2 aromatic carbocycles. The molecule has 0 aromatic heterocycles. The number of halogens is 2. The average Bonchev–Trinajstić information content (AvgIpc) is 2.44. The van der Waals surface area contributed by atoms with Crippen LogP contribution < -0.4 is 5.32 Å². The van der Waals surface area contributed by atoms with E-state index in [1.165, 1.54) is 24.0 Å². The van der Waals surface area contributed by atoms with Crippen molar-refractivity contribution in [3.8, 4) is 0 Å². The van der Waals surface area contributed by atoms with Crippen LogP contribution in [-0.2, 0) is 0 Å². The van der Waals surface area contributed by atoms with Gasteiger partial charge in [-0.2, -0.15) is 0 Å². The van der Waals surface area contributed by atoms with Crippen LogP contribution in [-0.4, -0.2) is 6.04 Å². The summed E-state index contributed by atoms with van der Waals surface area (Å²) in [4.78, 5) is 0. The largest absolute Gasteiger partial charge is 0.307 e. The Kier molecular flexibility index (Phi) is 4.68. The normalized spacial score (nSPS) is 22.6.